The maximum Gasteiger partial charge on any atom is 0.131 e. The van der Waals surface area contributed by atoms with Crippen LogP contribution in [0, 0.1) is 0 Å². The van der Waals surface area contributed by atoms with E-state index in [1.54, 1.807) is 0 Å². The zero-order valence-corrected chi connectivity index (χ0v) is 7.81. The second-order valence-corrected chi connectivity index (χ2v) is 5.42. The van der Waals surface area contributed by atoms with Crippen molar-refractivity contribution >= 4 is 21.6 Å². The molecule has 0 saturated carbocycles. The Morgan fingerprint density at radius 3 is 1.78 bits per heavy atom. The van der Waals surface area contributed by atoms with Gasteiger partial charge in [-0.25, -0.2) is 0 Å². The van der Waals surface area contributed by atoms with Gasteiger partial charge in [0.1, 0.15) is 4.20 Å². The summed E-state index contributed by atoms with van der Waals surface area (Å²) in [6.07, 6.45) is 0. The number of hydrogen-bond donors (Lipinski definition) is 0. The first kappa shape index (κ1) is 7.76. The van der Waals surface area contributed by atoms with Gasteiger partial charge in [0.15, 0.2) is 0 Å². The van der Waals surface area contributed by atoms with Crippen molar-refractivity contribution in [1.82, 2.24) is 4.90 Å². The van der Waals surface area contributed by atoms with E-state index in [2.05, 4.69) is 25.7 Å². The van der Waals surface area contributed by atoms with Crippen molar-refractivity contribution in [3.8, 4) is 0 Å². The van der Waals surface area contributed by atoms with Gasteiger partial charge in [-0.2, -0.15) is 0 Å². The predicted molar refractivity (Wildman–Crippen MR) is 46.5 cm³/mol. The Labute approximate surface area is 65.0 Å². The van der Waals surface area contributed by atoms with Gasteiger partial charge < -0.3 is 0 Å². The molecule has 1 aliphatic heterocycles. The van der Waals surface area contributed by atoms with E-state index in [9.17, 15) is 0 Å². The third-order valence-electron chi connectivity index (χ3n) is 1.66. The van der Waals surface area contributed by atoms with Crippen LogP contribution in [0.25, 0.3) is 0 Å². The first-order valence-electron chi connectivity index (χ1n) is 3.35. The second-order valence-electron chi connectivity index (χ2n) is 2.24. The molecule has 0 N–H and O–H groups in total. The first-order chi connectivity index (χ1) is 4.23. The summed E-state index contributed by atoms with van der Waals surface area (Å²) < 4.78 is 0.434. The van der Waals surface area contributed by atoms with Crippen molar-refractivity contribution in [1.29, 1.82) is 0 Å². The molecule has 54 valence electrons. The lowest BCUT2D eigenvalue weighted by Crippen LogP contribution is -2.32. The van der Waals surface area contributed by atoms with Crippen LogP contribution in [-0.4, -0.2) is 22.2 Å². The molecule has 1 nitrogen and oxygen atoms in total. The molecule has 1 heterocycles. The summed E-state index contributed by atoms with van der Waals surface area (Å²) in [5, 5.41) is 0. The Hall–Kier alpha value is 0.660. The molecule has 0 unspecified atom stereocenters. The van der Waals surface area contributed by atoms with Crippen molar-refractivity contribution in [3.05, 3.63) is 0 Å². The molecule has 0 aromatic carbocycles. The lowest BCUT2D eigenvalue weighted by Gasteiger charge is -2.22. The van der Waals surface area contributed by atoms with Gasteiger partial charge in [0.05, 0.1) is 0 Å². The molecule has 0 amide bonds. The molecule has 1 fully saturated rings. The highest BCUT2D eigenvalue weighted by Crippen LogP contribution is 2.65. The average Bonchev–Trinajstić information content (AvgIpc) is 2.52. The highest BCUT2D eigenvalue weighted by molar-refractivity contribution is 8.93. The van der Waals surface area contributed by atoms with Gasteiger partial charge in [-0.15, -0.1) is 0 Å². The third-order valence-corrected chi connectivity index (χ3v) is 4.78. The topological polar surface area (TPSA) is 3.24 Å². The van der Waals surface area contributed by atoms with E-state index in [1.165, 1.54) is 13.1 Å². The minimum absolute atomic E-state index is 0.434. The fraction of sp³-hybridized carbons (Fsp3) is 1.00. The van der Waals surface area contributed by atoms with E-state index >= 15 is 0 Å². The molecule has 1 aliphatic rings. The largest absolute Gasteiger partial charge is 0.280 e. The van der Waals surface area contributed by atoms with Crippen molar-refractivity contribution in [2.24, 2.45) is 0 Å². The quantitative estimate of drug-likeness (QED) is 0.464. The van der Waals surface area contributed by atoms with E-state index in [0.29, 0.717) is 4.20 Å². The monoisotopic (exact) mass is 163 g/mol. The SMILES string of the molecule is CCN(CC)C1(C)SS1. The normalized spacial score (nSPS) is 22.7. The predicted octanol–water partition coefficient (Wildman–Crippen LogP) is 2.40. The van der Waals surface area contributed by atoms with Crippen molar-refractivity contribution in [2.75, 3.05) is 13.1 Å². The summed E-state index contributed by atoms with van der Waals surface area (Å²) in [7, 11) is 3.94. The van der Waals surface area contributed by atoms with Crippen LogP contribution in [0.1, 0.15) is 20.8 Å². The maximum atomic E-state index is 2.47. The number of hydrogen-bond acceptors (Lipinski definition) is 3. The average molecular weight is 163 g/mol. The van der Waals surface area contributed by atoms with Gasteiger partial charge in [0, 0.05) is 0 Å². The van der Waals surface area contributed by atoms with Gasteiger partial charge in [-0.3, -0.25) is 4.90 Å². The Balaban J connectivity index is 2.37. The van der Waals surface area contributed by atoms with Crippen LogP contribution < -0.4 is 0 Å². The summed E-state index contributed by atoms with van der Waals surface area (Å²) in [5.74, 6) is 0. The summed E-state index contributed by atoms with van der Waals surface area (Å²) in [6, 6.07) is 0. The highest BCUT2D eigenvalue weighted by Gasteiger charge is 2.45. The molecular formula is C6H13NS2. The van der Waals surface area contributed by atoms with E-state index in [0.717, 1.165) is 0 Å². The number of rotatable bonds is 3. The van der Waals surface area contributed by atoms with E-state index in [-0.39, 0.29) is 0 Å². The van der Waals surface area contributed by atoms with Gasteiger partial charge in [-0.1, -0.05) is 35.4 Å². The first-order valence-corrected chi connectivity index (χ1v) is 5.50. The van der Waals surface area contributed by atoms with Crippen molar-refractivity contribution in [2.45, 2.75) is 25.0 Å². The van der Waals surface area contributed by atoms with Crippen LogP contribution in [0.5, 0.6) is 0 Å². The Morgan fingerprint density at radius 2 is 1.67 bits per heavy atom. The molecule has 9 heavy (non-hydrogen) atoms. The summed E-state index contributed by atoms with van der Waals surface area (Å²) in [5.41, 5.74) is 0. The van der Waals surface area contributed by atoms with Crippen LogP contribution in [0.4, 0.5) is 0 Å². The fourth-order valence-corrected chi connectivity index (χ4v) is 2.81. The Morgan fingerprint density at radius 1 is 1.22 bits per heavy atom. The van der Waals surface area contributed by atoms with Gasteiger partial charge >= 0.3 is 0 Å². The minimum atomic E-state index is 0.434. The van der Waals surface area contributed by atoms with Crippen LogP contribution in [-0.2, 0) is 0 Å². The Bertz CT molecular complexity index is 97.2. The van der Waals surface area contributed by atoms with E-state index in [4.69, 9.17) is 0 Å². The zero-order chi connectivity index (χ0) is 6.91. The van der Waals surface area contributed by atoms with E-state index < -0.39 is 0 Å². The second kappa shape index (κ2) is 2.72. The van der Waals surface area contributed by atoms with E-state index in [1.807, 2.05) is 21.6 Å². The molecule has 1 saturated heterocycles. The smallest absolute Gasteiger partial charge is 0.131 e. The van der Waals surface area contributed by atoms with Gasteiger partial charge in [0.2, 0.25) is 0 Å². The molecule has 0 aliphatic carbocycles. The molecule has 3 heteroatoms. The molecule has 0 bridgehead atoms. The molecular weight excluding hydrogens is 150 g/mol. The summed E-state index contributed by atoms with van der Waals surface area (Å²) >= 11 is 0. The summed E-state index contributed by atoms with van der Waals surface area (Å²) in [4.78, 5) is 2.47. The third kappa shape index (κ3) is 1.57. The molecule has 0 aromatic heterocycles. The molecule has 0 atom stereocenters. The summed E-state index contributed by atoms with van der Waals surface area (Å²) in [6.45, 7) is 9.07. The molecule has 0 radical (unpaired) electrons. The highest BCUT2D eigenvalue weighted by atomic mass is 33.2. The standard InChI is InChI=1S/C6H13NS2/c1-4-7(5-2)6(3)8-9-6/h4-5H2,1-3H3. The lowest BCUT2D eigenvalue weighted by atomic mass is 10.5. The maximum absolute atomic E-state index is 2.47. The fourth-order valence-electron chi connectivity index (χ4n) is 0.964. The van der Waals surface area contributed by atoms with Crippen molar-refractivity contribution in [3.63, 3.8) is 0 Å². The molecule has 0 aromatic rings. The molecule has 0 spiro atoms. The number of nitrogens with zero attached hydrogens (tertiary/aromatic N) is 1. The molecule has 1 rings (SSSR count). The van der Waals surface area contributed by atoms with Crippen LogP contribution in [0.2, 0.25) is 0 Å². The zero-order valence-electron chi connectivity index (χ0n) is 6.18. The van der Waals surface area contributed by atoms with Gasteiger partial charge in [-0.05, 0) is 20.0 Å². The van der Waals surface area contributed by atoms with Crippen LogP contribution in [0.15, 0.2) is 0 Å². The Kier molecular flexibility index (Phi) is 2.35. The van der Waals surface area contributed by atoms with Crippen molar-refractivity contribution < 1.29 is 0 Å². The van der Waals surface area contributed by atoms with Crippen LogP contribution >= 0.6 is 21.6 Å². The minimum Gasteiger partial charge on any atom is -0.280 e. The van der Waals surface area contributed by atoms with Gasteiger partial charge in [0.25, 0.3) is 0 Å². The lowest BCUT2D eigenvalue weighted by molar-refractivity contribution is 0.282. The van der Waals surface area contributed by atoms with Crippen LogP contribution in [0.3, 0.4) is 0 Å².